The molecule has 3 saturated heterocycles. The molecule has 1 aromatic heterocycles. The van der Waals surface area contributed by atoms with Gasteiger partial charge < -0.3 is 14.8 Å². The molecule has 5 aliphatic rings. The molecule has 0 unspecified atom stereocenters. The maximum atomic E-state index is 15.3. The van der Waals surface area contributed by atoms with E-state index in [1.807, 2.05) is 6.07 Å². The van der Waals surface area contributed by atoms with E-state index in [1.165, 1.54) is 6.07 Å². The van der Waals surface area contributed by atoms with Gasteiger partial charge in [0.05, 0.1) is 48.5 Å². The molecule has 7 rings (SSSR count). The molecule has 4 fully saturated rings. The summed E-state index contributed by atoms with van der Waals surface area (Å²) in [6.45, 7) is 3.15. The first-order chi connectivity index (χ1) is 19.4. The summed E-state index contributed by atoms with van der Waals surface area (Å²) in [5, 5.41) is 13.1. The molecule has 1 spiro atoms. The highest BCUT2D eigenvalue weighted by molar-refractivity contribution is 5.95. The van der Waals surface area contributed by atoms with E-state index in [2.05, 4.69) is 21.3 Å². The number of ether oxygens (including phenoxy) is 2. The Bertz CT molecular complexity index is 1390. The van der Waals surface area contributed by atoms with Gasteiger partial charge in [0.25, 0.3) is 0 Å². The number of benzene rings is 1. The molecule has 8 nitrogen and oxygen atoms in total. The molecule has 208 valence electrons. The van der Waals surface area contributed by atoms with Gasteiger partial charge in [-0.1, -0.05) is 12.1 Å². The van der Waals surface area contributed by atoms with Crippen molar-refractivity contribution in [3.63, 3.8) is 0 Å². The lowest BCUT2D eigenvalue weighted by molar-refractivity contribution is -0.122. The SMILES string of the molecule is N#C[C@@H](CC(=O)[C@H]1N[C@@H]2CC[C@H]1C2)Cc1ccc(-c2cc3c(cn2)C(=O)OC32CCN(C3COC3)CC2)cc1F. The van der Waals surface area contributed by atoms with Gasteiger partial charge in [0.1, 0.15) is 11.4 Å². The summed E-state index contributed by atoms with van der Waals surface area (Å²) in [7, 11) is 0. The largest absolute Gasteiger partial charge is 0.450 e. The number of nitrogens with one attached hydrogen (secondary N) is 1. The minimum absolute atomic E-state index is 0.0654. The van der Waals surface area contributed by atoms with Crippen molar-refractivity contribution < 1.29 is 23.5 Å². The monoisotopic (exact) mass is 544 g/mol. The first kappa shape index (κ1) is 25.8. The van der Waals surface area contributed by atoms with E-state index in [9.17, 15) is 14.9 Å². The van der Waals surface area contributed by atoms with Crippen LogP contribution in [-0.2, 0) is 26.3 Å². The number of ketones is 1. The highest BCUT2D eigenvalue weighted by Crippen LogP contribution is 2.45. The van der Waals surface area contributed by atoms with Crippen molar-refractivity contribution in [1.82, 2.24) is 15.2 Å². The van der Waals surface area contributed by atoms with Crippen molar-refractivity contribution >= 4 is 11.8 Å². The summed E-state index contributed by atoms with van der Waals surface area (Å²) in [6.07, 6.45) is 6.47. The maximum absolute atomic E-state index is 15.3. The van der Waals surface area contributed by atoms with E-state index in [-0.39, 0.29) is 30.6 Å². The first-order valence-electron chi connectivity index (χ1n) is 14.5. The fourth-order valence-electron chi connectivity index (χ4n) is 7.38. The highest BCUT2D eigenvalue weighted by atomic mass is 19.1. The molecule has 1 saturated carbocycles. The second-order valence-corrected chi connectivity index (χ2v) is 12.1. The Hall–Kier alpha value is -3.19. The minimum Gasteiger partial charge on any atom is -0.450 e. The Kier molecular flexibility index (Phi) is 6.45. The minimum atomic E-state index is -0.677. The zero-order valence-corrected chi connectivity index (χ0v) is 22.4. The van der Waals surface area contributed by atoms with Crippen LogP contribution in [0, 0.1) is 29.0 Å². The van der Waals surface area contributed by atoms with E-state index < -0.39 is 17.3 Å². The molecule has 4 aliphatic heterocycles. The lowest BCUT2D eigenvalue weighted by Gasteiger charge is -2.44. The quantitative estimate of drug-likeness (QED) is 0.528. The molecule has 5 heterocycles. The Morgan fingerprint density at radius 2 is 2.08 bits per heavy atom. The Morgan fingerprint density at radius 1 is 1.25 bits per heavy atom. The fourth-order valence-corrected chi connectivity index (χ4v) is 7.38. The normalized spacial score (nSPS) is 27.7. The van der Waals surface area contributed by atoms with Crippen molar-refractivity contribution in [3.8, 4) is 17.3 Å². The Balaban J connectivity index is 1.06. The molecular formula is C31H33FN4O4. The third-order valence-corrected chi connectivity index (χ3v) is 9.80. The summed E-state index contributed by atoms with van der Waals surface area (Å²) in [6, 6.07) is 9.71. The number of esters is 1. The lowest BCUT2D eigenvalue weighted by atomic mass is 9.83. The second kappa shape index (κ2) is 10.0. The smallest absolute Gasteiger partial charge is 0.341 e. The number of hydrogen-bond acceptors (Lipinski definition) is 8. The molecule has 0 radical (unpaired) electrons. The van der Waals surface area contributed by atoms with E-state index in [0.29, 0.717) is 53.2 Å². The summed E-state index contributed by atoms with van der Waals surface area (Å²) >= 11 is 0. The van der Waals surface area contributed by atoms with Crippen LogP contribution < -0.4 is 5.32 Å². The van der Waals surface area contributed by atoms with Gasteiger partial charge in [-0.15, -0.1) is 0 Å². The molecule has 2 bridgehead atoms. The lowest BCUT2D eigenvalue weighted by Crippen LogP contribution is -2.54. The number of nitriles is 1. The predicted octanol–water partition coefficient (Wildman–Crippen LogP) is 3.53. The van der Waals surface area contributed by atoms with Crippen LogP contribution in [0.25, 0.3) is 11.3 Å². The van der Waals surface area contributed by atoms with Crippen LogP contribution in [0.3, 0.4) is 0 Å². The number of rotatable bonds is 7. The number of Topliss-reactive ketones (excluding diaryl/α,β-unsaturated/α-hetero) is 1. The summed E-state index contributed by atoms with van der Waals surface area (Å²) < 4.78 is 26.6. The van der Waals surface area contributed by atoms with Crippen molar-refractivity contribution in [2.75, 3.05) is 26.3 Å². The average Bonchev–Trinajstić information content (AvgIpc) is 3.64. The number of carbonyl (C=O) groups is 2. The number of halogens is 1. The molecule has 2 aromatic rings. The third-order valence-electron chi connectivity index (χ3n) is 9.80. The van der Waals surface area contributed by atoms with E-state index in [4.69, 9.17) is 9.47 Å². The van der Waals surface area contributed by atoms with Gasteiger partial charge in [-0.3, -0.25) is 14.7 Å². The van der Waals surface area contributed by atoms with Crippen molar-refractivity contribution in [2.24, 2.45) is 11.8 Å². The molecule has 1 aromatic carbocycles. The van der Waals surface area contributed by atoms with Gasteiger partial charge >= 0.3 is 5.97 Å². The molecule has 1 N–H and O–H groups in total. The van der Waals surface area contributed by atoms with Crippen LogP contribution in [0.4, 0.5) is 4.39 Å². The van der Waals surface area contributed by atoms with Crippen molar-refractivity contribution in [1.29, 1.82) is 5.26 Å². The van der Waals surface area contributed by atoms with Crippen LogP contribution in [0.15, 0.2) is 30.5 Å². The summed E-state index contributed by atoms with van der Waals surface area (Å²) in [5.74, 6) is -0.919. The number of fused-ring (bicyclic) bond motifs is 4. The van der Waals surface area contributed by atoms with Crippen LogP contribution in [0.1, 0.15) is 60.0 Å². The molecule has 4 atom stereocenters. The van der Waals surface area contributed by atoms with E-state index in [0.717, 1.165) is 51.1 Å². The summed E-state index contributed by atoms with van der Waals surface area (Å²) in [5.41, 5.74) is 2.21. The molecular weight excluding hydrogens is 511 g/mol. The number of likely N-dealkylation sites (tertiary alicyclic amines) is 1. The predicted molar refractivity (Wildman–Crippen MR) is 143 cm³/mol. The van der Waals surface area contributed by atoms with E-state index in [1.54, 1.807) is 18.3 Å². The summed E-state index contributed by atoms with van der Waals surface area (Å²) in [4.78, 5) is 32.4. The fraction of sp³-hybridized carbons (Fsp3) is 0.548. The first-order valence-corrected chi connectivity index (χ1v) is 14.5. The molecule has 9 heteroatoms. The molecule has 0 amide bonds. The number of piperidine rings is 2. The van der Waals surface area contributed by atoms with Crippen LogP contribution in [0.2, 0.25) is 0 Å². The van der Waals surface area contributed by atoms with Gasteiger partial charge in [-0.2, -0.15) is 5.26 Å². The zero-order chi connectivity index (χ0) is 27.4. The van der Waals surface area contributed by atoms with Crippen molar-refractivity contribution in [2.45, 2.75) is 68.7 Å². The second-order valence-electron chi connectivity index (χ2n) is 12.1. The standard InChI is InChI=1S/C31H33FN4O4/c32-26-12-20(2-1-19(26)9-18(14-33)10-28(37)29-21-3-4-22(11-21)35-29)27-13-25-24(15-34-27)30(38)40-31(25)5-7-36(8-6-31)23-16-39-17-23/h1-2,12-13,15,18,21-23,29,35H,3-11,16-17H2/t18-,21+,22-,29+/m1/s1. The van der Waals surface area contributed by atoms with E-state index >= 15 is 4.39 Å². The highest BCUT2D eigenvalue weighted by Gasteiger charge is 2.49. The van der Waals surface area contributed by atoms with Crippen LogP contribution in [0.5, 0.6) is 0 Å². The van der Waals surface area contributed by atoms with Gasteiger partial charge in [0.15, 0.2) is 5.78 Å². The Morgan fingerprint density at radius 3 is 2.73 bits per heavy atom. The molecule has 1 aliphatic carbocycles. The number of aromatic nitrogens is 1. The zero-order valence-electron chi connectivity index (χ0n) is 22.4. The van der Waals surface area contributed by atoms with Gasteiger partial charge in [-0.05, 0) is 49.3 Å². The van der Waals surface area contributed by atoms with Crippen LogP contribution in [-0.4, -0.2) is 66.1 Å². The number of hydrogen-bond donors (Lipinski definition) is 1. The Labute approximate surface area is 232 Å². The van der Waals surface area contributed by atoms with Gasteiger partial charge in [0.2, 0.25) is 0 Å². The third kappa shape index (κ3) is 4.43. The maximum Gasteiger partial charge on any atom is 0.341 e. The molecule has 40 heavy (non-hydrogen) atoms. The number of nitrogens with zero attached hydrogens (tertiary/aromatic N) is 3. The average molecular weight is 545 g/mol. The topological polar surface area (TPSA) is 105 Å². The number of pyridine rings is 1. The van der Waals surface area contributed by atoms with Crippen LogP contribution >= 0.6 is 0 Å². The number of carbonyl (C=O) groups excluding carboxylic acids is 2. The van der Waals surface area contributed by atoms with Gasteiger partial charge in [-0.25, -0.2) is 9.18 Å². The van der Waals surface area contributed by atoms with Crippen molar-refractivity contribution in [3.05, 3.63) is 53.0 Å². The van der Waals surface area contributed by atoms with Gasteiger partial charge in [0, 0.05) is 55.7 Å².